The zero-order chi connectivity index (χ0) is 12.8. The lowest BCUT2D eigenvalue weighted by Gasteiger charge is -2.37. The molecule has 2 heterocycles. The summed E-state index contributed by atoms with van der Waals surface area (Å²) in [5, 5.41) is 0. The van der Waals surface area contributed by atoms with E-state index in [1.165, 1.54) is 6.42 Å². The van der Waals surface area contributed by atoms with Crippen LogP contribution in [0.4, 0.5) is 0 Å². The number of hydrogen-bond acceptors (Lipinski definition) is 4. The fraction of sp³-hybridized carbons (Fsp3) is 0.923. The molecule has 0 saturated carbocycles. The monoisotopic (exact) mass is 255 g/mol. The molecule has 5 heteroatoms. The lowest BCUT2D eigenvalue weighted by molar-refractivity contribution is -0.136. The van der Waals surface area contributed by atoms with Gasteiger partial charge in [0.05, 0.1) is 13.2 Å². The first kappa shape index (κ1) is 13.8. The van der Waals surface area contributed by atoms with E-state index in [2.05, 4.69) is 9.80 Å². The molecule has 2 saturated heterocycles. The van der Waals surface area contributed by atoms with Gasteiger partial charge in [0.15, 0.2) is 0 Å². The predicted octanol–water partition coefficient (Wildman–Crippen LogP) is -0.127. The van der Waals surface area contributed by atoms with Gasteiger partial charge in [-0.1, -0.05) is 0 Å². The molecule has 0 atom stereocenters. The van der Waals surface area contributed by atoms with Crippen LogP contribution in [-0.2, 0) is 9.53 Å². The molecule has 0 unspecified atom stereocenters. The maximum atomic E-state index is 11.8. The molecule has 0 aromatic heterocycles. The number of carbonyl (C=O) groups is 1. The van der Waals surface area contributed by atoms with Crippen LogP contribution >= 0.6 is 0 Å². The highest BCUT2D eigenvalue weighted by Gasteiger charge is 2.24. The van der Waals surface area contributed by atoms with Crippen LogP contribution in [0, 0.1) is 0 Å². The van der Waals surface area contributed by atoms with E-state index >= 15 is 0 Å². The summed E-state index contributed by atoms with van der Waals surface area (Å²) in [4.78, 5) is 18.5. The molecule has 0 N–H and O–H groups in total. The molecular weight excluding hydrogens is 230 g/mol. The number of amides is 1. The smallest absolute Gasteiger partial charge is 0.236 e. The van der Waals surface area contributed by atoms with Crippen LogP contribution in [0.2, 0.25) is 0 Å². The van der Waals surface area contributed by atoms with Gasteiger partial charge in [0.25, 0.3) is 0 Å². The second kappa shape index (κ2) is 7.07. The van der Waals surface area contributed by atoms with Crippen molar-refractivity contribution in [2.45, 2.75) is 13.3 Å². The van der Waals surface area contributed by atoms with E-state index in [4.69, 9.17) is 4.74 Å². The molecule has 0 bridgehead atoms. The molecule has 5 nitrogen and oxygen atoms in total. The van der Waals surface area contributed by atoms with Crippen LogP contribution in [-0.4, -0.2) is 86.2 Å². The summed E-state index contributed by atoms with van der Waals surface area (Å²) in [5.74, 6) is 0.309. The minimum Gasteiger partial charge on any atom is -0.380 e. The Kier molecular flexibility index (Phi) is 5.41. The fourth-order valence-corrected chi connectivity index (χ4v) is 2.37. The number of nitrogens with zero attached hydrogens (tertiary/aromatic N) is 3. The van der Waals surface area contributed by atoms with Crippen LogP contribution in [0.25, 0.3) is 0 Å². The van der Waals surface area contributed by atoms with Gasteiger partial charge < -0.3 is 9.64 Å². The maximum Gasteiger partial charge on any atom is 0.236 e. The Morgan fingerprint density at radius 3 is 2.28 bits per heavy atom. The molecule has 0 radical (unpaired) electrons. The molecule has 2 fully saturated rings. The van der Waals surface area contributed by atoms with Gasteiger partial charge in [0, 0.05) is 52.4 Å². The molecule has 18 heavy (non-hydrogen) atoms. The second-order valence-corrected chi connectivity index (χ2v) is 5.05. The Bertz CT molecular complexity index is 261. The maximum absolute atomic E-state index is 11.8. The van der Waals surface area contributed by atoms with Gasteiger partial charge in [-0.3, -0.25) is 14.6 Å². The van der Waals surface area contributed by atoms with E-state index in [1.54, 1.807) is 0 Å². The van der Waals surface area contributed by atoms with Crippen LogP contribution in [0.5, 0.6) is 0 Å². The van der Waals surface area contributed by atoms with Gasteiger partial charge in [-0.25, -0.2) is 0 Å². The van der Waals surface area contributed by atoms with E-state index in [-0.39, 0.29) is 0 Å². The highest BCUT2D eigenvalue weighted by atomic mass is 16.5. The number of likely N-dealkylation sites (tertiary alicyclic amines) is 1. The average Bonchev–Trinajstić information content (AvgIpc) is 2.29. The Morgan fingerprint density at radius 2 is 1.72 bits per heavy atom. The normalized spacial score (nSPS) is 21.9. The second-order valence-electron chi connectivity index (χ2n) is 5.05. The van der Waals surface area contributed by atoms with Crippen LogP contribution in [0.15, 0.2) is 0 Å². The molecule has 104 valence electrons. The molecule has 0 aromatic carbocycles. The third-order valence-electron chi connectivity index (χ3n) is 3.79. The SMILES string of the molecule is CCOCCN1CCN(CC(=O)N2CCC2)CC1. The minimum atomic E-state index is 0.309. The van der Waals surface area contributed by atoms with Crippen molar-refractivity contribution in [3.05, 3.63) is 0 Å². The van der Waals surface area contributed by atoms with Crippen molar-refractivity contribution in [2.24, 2.45) is 0 Å². The highest BCUT2D eigenvalue weighted by Crippen LogP contribution is 2.08. The van der Waals surface area contributed by atoms with Crippen LogP contribution in [0.1, 0.15) is 13.3 Å². The summed E-state index contributed by atoms with van der Waals surface area (Å²) < 4.78 is 5.37. The van der Waals surface area contributed by atoms with E-state index in [0.717, 1.165) is 59.0 Å². The Hall–Kier alpha value is -0.650. The lowest BCUT2D eigenvalue weighted by atomic mass is 10.2. The number of carbonyl (C=O) groups excluding carboxylic acids is 1. The first-order valence-corrected chi connectivity index (χ1v) is 7.10. The zero-order valence-corrected chi connectivity index (χ0v) is 11.4. The first-order chi connectivity index (χ1) is 8.79. The van der Waals surface area contributed by atoms with Crippen molar-refractivity contribution in [3.8, 4) is 0 Å². The summed E-state index contributed by atoms with van der Waals surface area (Å²) in [7, 11) is 0. The standard InChI is InChI=1S/C13H25N3O2/c1-2-18-11-10-14-6-8-15(9-7-14)12-13(17)16-4-3-5-16/h2-12H2,1H3. The molecular formula is C13H25N3O2. The van der Waals surface area contributed by atoms with Crippen molar-refractivity contribution in [2.75, 3.05) is 65.6 Å². The van der Waals surface area contributed by atoms with Crippen molar-refractivity contribution >= 4 is 5.91 Å². The summed E-state index contributed by atoms with van der Waals surface area (Å²) in [5.41, 5.74) is 0. The van der Waals surface area contributed by atoms with Crippen molar-refractivity contribution in [3.63, 3.8) is 0 Å². The van der Waals surface area contributed by atoms with E-state index < -0.39 is 0 Å². The molecule has 1 amide bonds. The summed E-state index contributed by atoms with van der Waals surface area (Å²) in [6, 6.07) is 0. The zero-order valence-electron chi connectivity index (χ0n) is 11.4. The summed E-state index contributed by atoms with van der Waals surface area (Å²) >= 11 is 0. The van der Waals surface area contributed by atoms with Crippen molar-refractivity contribution < 1.29 is 9.53 Å². The van der Waals surface area contributed by atoms with Crippen LogP contribution < -0.4 is 0 Å². The Morgan fingerprint density at radius 1 is 1.06 bits per heavy atom. The Balaban J connectivity index is 1.59. The molecule has 0 aliphatic carbocycles. The van der Waals surface area contributed by atoms with Gasteiger partial charge in [-0.2, -0.15) is 0 Å². The number of rotatable bonds is 6. The molecule has 0 aromatic rings. The molecule has 2 aliphatic heterocycles. The van der Waals surface area contributed by atoms with Gasteiger partial charge in [-0.05, 0) is 13.3 Å². The third kappa shape index (κ3) is 3.93. The Labute approximate surface area is 110 Å². The van der Waals surface area contributed by atoms with Gasteiger partial charge >= 0.3 is 0 Å². The van der Waals surface area contributed by atoms with Crippen molar-refractivity contribution in [1.82, 2.24) is 14.7 Å². The van der Waals surface area contributed by atoms with Gasteiger partial charge in [0.2, 0.25) is 5.91 Å². The number of ether oxygens (including phenoxy) is 1. The molecule has 2 rings (SSSR count). The number of hydrogen-bond donors (Lipinski definition) is 0. The number of piperazine rings is 1. The van der Waals surface area contributed by atoms with Gasteiger partial charge in [-0.15, -0.1) is 0 Å². The third-order valence-corrected chi connectivity index (χ3v) is 3.79. The first-order valence-electron chi connectivity index (χ1n) is 7.10. The topological polar surface area (TPSA) is 36.0 Å². The van der Waals surface area contributed by atoms with Gasteiger partial charge in [0.1, 0.15) is 0 Å². The van der Waals surface area contributed by atoms with E-state index in [1.807, 2.05) is 11.8 Å². The summed E-state index contributed by atoms with van der Waals surface area (Å²) in [6.45, 7) is 11.3. The van der Waals surface area contributed by atoms with E-state index in [9.17, 15) is 4.79 Å². The quantitative estimate of drug-likeness (QED) is 0.620. The molecule has 2 aliphatic rings. The highest BCUT2D eigenvalue weighted by molar-refractivity contribution is 5.78. The lowest BCUT2D eigenvalue weighted by Crippen LogP contribution is -2.52. The predicted molar refractivity (Wildman–Crippen MR) is 70.6 cm³/mol. The average molecular weight is 255 g/mol. The van der Waals surface area contributed by atoms with Crippen molar-refractivity contribution in [1.29, 1.82) is 0 Å². The largest absolute Gasteiger partial charge is 0.380 e. The molecule has 0 spiro atoms. The van der Waals surface area contributed by atoms with Crippen LogP contribution in [0.3, 0.4) is 0 Å². The minimum absolute atomic E-state index is 0.309. The fourth-order valence-electron chi connectivity index (χ4n) is 2.37. The summed E-state index contributed by atoms with van der Waals surface area (Å²) in [6.07, 6.45) is 1.18. The van der Waals surface area contributed by atoms with E-state index in [0.29, 0.717) is 12.5 Å².